The van der Waals surface area contributed by atoms with Crippen molar-refractivity contribution in [1.29, 1.82) is 0 Å². The van der Waals surface area contributed by atoms with Gasteiger partial charge in [-0.1, -0.05) is 12.1 Å². The molecular weight excluding hydrogens is 305 g/mol. The molecule has 3 rings (SSSR count). The standard InChI is InChI=1S/C19H24FN3O/c1-2-24-18-7-6-15(13-17(18)20)14-22-16-8-11-23(12-9-16)19-5-3-4-10-21-19/h3-7,10,13,16,22H,2,8-9,11-12,14H2,1H3. The summed E-state index contributed by atoms with van der Waals surface area (Å²) in [6.07, 6.45) is 3.96. The van der Waals surface area contributed by atoms with E-state index in [0.29, 0.717) is 24.9 Å². The molecule has 1 aliphatic heterocycles. The zero-order valence-electron chi connectivity index (χ0n) is 14.0. The average molecular weight is 329 g/mol. The number of nitrogens with one attached hydrogen (secondary N) is 1. The summed E-state index contributed by atoms with van der Waals surface area (Å²) in [5, 5.41) is 3.53. The molecule has 5 heteroatoms. The van der Waals surface area contributed by atoms with Crippen LogP contribution >= 0.6 is 0 Å². The van der Waals surface area contributed by atoms with Crippen molar-refractivity contribution in [3.63, 3.8) is 0 Å². The maximum Gasteiger partial charge on any atom is 0.165 e. The Morgan fingerprint density at radius 2 is 2.08 bits per heavy atom. The van der Waals surface area contributed by atoms with Crippen molar-refractivity contribution < 1.29 is 9.13 Å². The molecule has 1 saturated heterocycles. The van der Waals surface area contributed by atoms with Crippen molar-refractivity contribution in [2.45, 2.75) is 32.4 Å². The molecule has 1 aromatic heterocycles. The Bertz CT molecular complexity index is 642. The monoisotopic (exact) mass is 329 g/mol. The van der Waals surface area contributed by atoms with Gasteiger partial charge in [0.1, 0.15) is 5.82 Å². The normalized spacial score (nSPS) is 15.5. The molecule has 2 aromatic rings. The molecule has 0 saturated carbocycles. The van der Waals surface area contributed by atoms with Crippen molar-refractivity contribution in [3.05, 3.63) is 54.0 Å². The Labute approximate surface area is 142 Å². The highest BCUT2D eigenvalue weighted by Gasteiger charge is 2.19. The van der Waals surface area contributed by atoms with Crippen LogP contribution < -0.4 is 15.0 Å². The third kappa shape index (κ3) is 4.23. The van der Waals surface area contributed by atoms with Crippen molar-refractivity contribution >= 4 is 5.82 Å². The number of piperidine rings is 1. The molecule has 0 aliphatic carbocycles. The molecule has 24 heavy (non-hydrogen) atoms. The van der Waals surface area contributed by atoms with Crippen LogP contribution in [0.25, 0.3) is 0 Å². The Kier molecular flexibility index (Phi) is 5.64. The topological polar surface area (TPSA) is 37.4 Å². The molecule has 1 aliphatic rings. The van der Waals surface area contributed by atoms with Gasteiger partial charge in [0.05, 0.1) is 6.61 Å². The van der Waals surface area contributed by atoms with Gasteiger partial charge in [-0.2, -0.15) is 0 Å². The van der Waals surface area contributed by atoms with E-state index in [2.05, 4.69) is 21.3 Å². The molecule has 0 unspecified atom stereocenters. The molecule has 128 valence electrons. The quantitative estimate of drug-likeness (QED) is 0.882. The summed E-state index contributed by atoms with van der Waals surface area (Å²) >= 11 is 0. The van der Waals surface area contributed by atoms with E-state index in [9.17, 15) is 4.39 Å². The lowest BCUT2D eigenvalue weighted by atomic mass is 10.0. The SMILES string of the molecule is CCOc1ccc(CNC2CCN(c3ccccn3)CC2)cc1F. The highest BCUT2D eigenvalue weighted by Crippen LogP contribution is 2.20. The number of nitrogens with zero attached hydrogens (tertiary/aromatic N) is 2. The van der Waals surface area contributed by atoms with Gasteiger partial charge in [0.2, 0.25) is 0 Å². The third-order valence-electron chi connectivity index (χ3n) is 4.36. The fourth-order valence-corrected chi connectivity index (χ4v) is 3.04. The number of pyridine rings is 1. The van der Waals surface area contributed by atoms with Gasteiger partial charge in [0.25, 0.3) is 0 Å². The van der Waals surface area contributed by atoms with Gasteiger partial charge in [-0.25, -0.2) is 9.37 Å². The van der Waals surface area contributed by atoms with Crippen LogP contribution in [-0.2, 0) is 6.54 Å². The summed E-state index contributed by atoms with van der Waals surface area (Å²) in [5.41, 5.74) is 0.947. The lowest BCUT2D eigenvalue weighted by Gasteiger charge is -2.33. The van der Waals surface area contributed by atoms with Gasteiger partial charge in [-0.3, -0.25) is 0 Å². The van der Waals surface area contributed by atoms with Gasteiger partial charge in [-0.05, 0) is 49.6 Å². The van der Waals surface area contributed by atoms with Crippen molar-refractivity contribution in [2.75, 3.05) is 24.6 Å². The fraction of sp³-hybridized carbons (Fsp3) is 0.421. The highest BCUT2D eigenvalue weighted by molar-refractivity contribution is 5.38. The Morgan fingerprint density at radius 1 is 1.25 bits per heavy atom. The van der Waals surface area contributed by atoms with E-state index in [1.807, 2.05) is 31.3 Å². The fourth-order valence-electron chi connectivity index (χ4n) is 3.04. The van der Waals surface area contributed by atoms with Gasteiger partial charge in [0.15, 0.2) is 11.6 Å². The summed E-state index contributed by atoms with van der Waals surface area (Å²) in [7, 11) is 0. The largest absolute Gasteiger partial charge is 0.491 e. The second kappa shape index (κ2) is 8.11. The summed E-state index contributed by atoms with van der Waals surface area (Å²) in [5.74, 6) is 1.08. The molecule has 0 spiro atoms. The van der Waals surface area contributed by atoms with Crippen LogP contribution in [0.3, 0.4) is 0 Å². The van der Waals surface area contributed by atoms with Gasteiger partial charge < -0.3 is 15.0 Å². The van der Waals surface area contributed by atoms with Crippen molar-refractivity contribution in [2.24, 2.45) is 0 Å². The molecule has 4 nitrogen and oxygen atoms in total. The maximum absolute atomic E-state index is 13.9. The Balaban J connectivity index is 1.47. The van der Waals surface area contributed by atoms with E-state index in [4.69, 9.17) is 4.74 Å². The number of benzene rings is 1. The number of hydrogen-bond donors (Lipinski definition) is 1. The van der Waals surface area contributed by atoms with E-state index < -0.39 is 0 Å². The molecule has 0 radical (unpaired) electrons. The maximum atomic E-state index is 13.9. The van der Waals surface area contributed by atoms with E-state index in [-0.39, 0.29) is 5.82 Å². The van der Waals surface area contributed by atoms with Crippen molar-refractivity contribution in [3.8, 4) is 5.75 Å². The lowest BCUT2D eigenvalue weighted by Crippen LogP contribution is -2.42. The number of anilines is 1. The average Bonchev–Trinajstić information content (AvgIpc) is 2.63. The zero-order valence-corrected chi connectivity index (χ0v) is 14.0. The van der Waals surface area contributed by atoms with Crippen LogP contribution in [0.1, 0.15) is 25.3 Å². The molecule has 0 amide bonds. The van der Waals surface area contributed by atoms with Crippen LogP contribution in [0.5, 0.6) is 5.75 Å². The molecule has 0 bridgehead atoms. The van der Waals surface area contributed by atoms with E-state index >= 15 is 0 Å². The number of halogens is 1. The number of aromatic nitrogens is 1. The van der Waals surface area contributed by atoms with E-state index in [0.717, 1.165) is 37.3 Å². The Hall–Kier alpha value is -2.14. The van der Waals surface area contributed by atoms with Crippen LogP contribution in [-0.4, -0.2) is 30.7 Å². The van der Waals surface area contributed by atoms with Gasteiger partial charge in [-0.15, -0.1) is 0 Å². The van der Waals surface area contributed by atoms with E-state index in [1.165, 1.54) is 0 Å². The van der Waals surface area contributed by atoms with Crippen LogP contribution in [0.4, 0.5) is 10.2 Å². The predicted octanol–water partition coefficient (Wildman–Crippen LogP) is 3.38. The highest BCUT2D eigenvalue weighted by atomic mass is 19.1. The number of rotatable bonds is 6. The molecule has 1 aromatic carbocycles. The molecule has 2 heterocycles. The third-order valence-corrected chi connectivity index (χ3v) is 4.36. The van der Waals surface area contributed by atoms with Crippen molar-refractivity contribution in [1.82, 2.24) is 10.3 Å². The molecular formula is C19H24FN3O. The second-order valence-electron chi connectivity index (χ2n) is 6.03. The molecule has 1 N–H and O–H groups in total. The first-order chi connectivity index (χ1) is 11.8. The number of hydrogen-bond acceptors (Lipinski definition) is 4. The van der Waals surface area contributed by atoms with Gasteiger partial charge in [0, 0.05) is 31.9 Å². The lowest BCUT2D eigenvalue weighted by molar-refractivity contribution is 0.321. The summed E-state index contributed by atoms with van der Waals surface area (Å²) in [6.45, 7) is 4.99. The minimum atomic E-state index is -0.291. The van der Waals surface area contributed by atoms with Crippen LogP contribution in [0.15, 0.2) is 42.6 Å². The Morgan fingerprint density at radius 3 is 2.75 bits per heavy atom. The smallest absolute Gasteiger partial charge is 0.165 e. The number of ether oxygens (including phenoxy) is 1. The minimum absolute atomic E-state index is 0.291. The van der Waals surface area contributed by atoms with E-state index in [1.54, 1.807) is 12.1 Å². The van der Waals surface area contributed by atoms with Crippen LogP contribution in [0.2, 0.25) is 0 Å². The van der Waals surface area contributed by atoms with Crippen LogP contribution in [0, 0.1) is 5.82 Å². The zero-order chi connectivity index (χ0) is 16.8. The molecule has 0 atom stereocenters. The first kappa shape index (κ1) is 16.7. The van der Waals surface area contributed by atoms with Gasteiger partial charge >= 0.3 is 0 Å². The summed E-state index contributed by atoms with van der Waals surface area (Å²) < 4.78 is 19.1. The summed E-state index contributed by atoms with van der Waals surface area (Å²) in [4.78, 5) is 6.72. The second-order valence-corrected chi connectivity index (χ2v) is 6.03. The predicted molar refractivity (Wildman–Crippen MR) is 93.9 cm³/mol. The minimum Gasteiger partial charge on any atom is -0.491 e. The first-order valence-corrected chi connectivity index (χ1v) is 8.57. The first-order valence-electron chi connectivity index (χ1n) is 8.57. The molecule has 1 fully saturated rings. The summed E-state index contributed by atoms with van der Waals surface area (Å²) in [6, 6.07) is 11.7.